The second-order valence-corrected chi connectivity index (χ2v) is 8.06. The van der Waals surface area contributed by atoms with Crippen LogP contribution in [0, 0.1) is 11.8 Å². The number of carbonyl (C=O) groups excluding carboxylic acids is 1. The molecule has 0 aromatic carbocycles. The molecule has 0 radical (unpaired) electrons. The summed E-state index contributed by atoms with van der Waals surface area (Å²) < 4.78 is 16.7. The Hall–Kier alpha value is -0.980. The lowest BCUT2D eigenvalue weighted by Gasteiger charge is -2.35. The van der Waals surface area contributed by atoms with Gasteiger partial charge in [-0.1, -0.05) is 0 Å². The number of ether oxygens (including phenoxy) is 3. The average Bonchev–Trinajstić information content (AvgIpc) is 3.13. The van der Waals surface area contributed by atoms with Gasteiger partial charge in [0.25, 0.3) is 0 Å². The van der Waals surface area contributed by atoms with E-state index in [1.807, 2.05) is 0 Å². The monoisotopic (exact) mass is 366 g/mol. The molecule has 6 nitrogen and oxygen atoms in total. The Labute approximate surface area is 157 Å². The molecule has 1 heterocycles. The van der Waals surface area contributed by atoms with Crippen LogP contribution in [0.4, 0.5) is 0 Å². The summed E-state index contributed by atoms with van der Waals surface area (Å²) in [7, 11) is 5.31. The normalized spacial score (nSPS) is 38.3. The fraction of sp³-hybridized carbons (Fsp3) is 0.900. The van der Waals surface area contributed by atoms with Crippen molar-refractivity contribution in [1.82, 2.24) is 5.01 Å². The van der Waals surface area contributed by atoms with Gasteiger partial charge in [0.05, 0.1) is 24.4 Å². The SMILES string of the molecule is COC1CCC(C2CC(C3CCC(OC)C(OC)C3)=NN2C(C)=O)CC1. The van der Waals surface area contributed by atoms with Crippen LogP contribution < -0.4 is 0 Å². The van der Waals surface area contributed by atoms with Gasteiger partial charge < -0.3 is 14.2 Å². The maximum Gasteiger partial charge on any atom is 0.239 e. The Bertz CT molecular complexity index is 516. The van der Waals surface area contributed by atoms with Crippen LogP contribution in [0.3, 0.4) is 0 Å². The molecule has 0 saturated heterocycles. The van der Waals surface area contributed by atoms with E-state index in [0.29, 0.717) is 17.9 Å². The van der Waals surface area contributed by atoms with Crippen LogP contribution in [-0.4, -0.2) is 62.3 Å². The lowest BCUT2D eigenvalue weighted by Crippen LogP contribution is -2.40. The molecule has 1 aliphatic heterocycles. The van der Waals surface area contributed by atoms with Gasteiger partial charge in [-0.25, -0.2) is 5.01 Å². The number of hydrogen-bond donors (Lipinski definition) is 0. The number of methoxy groups -OCH3 is 3. The first-order valence-corrected chi connectivity index (χ1v) is 10.0. The second-order valence-electron chi connectivity index (χ2n) is 8.06. The van der Waals surface area contributed by atoms with Crippen LogP contribution in [0.5, 0.6) is 0 Å². The molecule has 6 heteroatoms. The van der Waals surface area contributed by atoms with Crippen molar-refractivity contribution in [2.45, 2.75) is 82.6 Å². The molecular formula is C20H34N2O4. The molecule has 0 bridgehead atoms. The Balaban J connectivity index is 1.66. The van der Waals surface area contributed by atoms with Crippen molar-refractivity contribution in [2.75, 3.05) is 21.3 Å². The van der Waals surface area contributed by atoms with Crippen LogP contribution in [0.1, 0.15) is 58.3 Å². The Kier molecular flexibility index (Phi) is 6.70. The first-order valence-electron chi connectivity index (χ1n) is 10.0. The molecule has 0 N–H and O–H groups in total. The van der Waals surface area contributed by atoms with E-state index < -0.39 is 0 Å². The number of amides is 1. The minimum atomic E-state index is 0.0627. The highest BCUT2D eigenvalue weighted by atomic mass is 16.5. The zero-order chi connectivity index (χ0) is 18.7. The smallest absolute Gasteiger partial charge is 0.239 e. The quantitative estimate of drug-likeness (QED) is 0.750. The molecule has 0 spiro atoms. The molecule has 2 saturated carbocycles. The van der Waals surface area contributed by atoms with Crippen molar-refractivity contribution in [1.29, 1.82) is 0 Å². The van der Waals surface area contributed by atoms with Gasteiger partial charge in [-0.15, -0.1) is 0 Å². The largest absolute Gasteiger partial charge is 0.381 e. The Morgan fingerprint density at radius 2 is 1.65 bits per heavy atom. The molecule has 0 aromatic rings. The van der Waals surface area contributed by atoms with E-state index in [-0.39, 0.29) is 24.2 Å². The zero-order valence-electron chi connectivity index (χ0n) is 16.6. The molecule has 0 aromatic heterocycles. The fourth-order valence-corrected chi connectivity index (χ4v) is 5.10. The van der Waals surface area contributed by atoms with Crippen LogP contribution >= 0.6 is 0 Å². The summed E-state index contributed by atoms with van der Waals surface area (Å²) in [4.78, 5) is 12.2. The number of rotatable bonds is 5. The number of nitrogens with zero attached hydrogens (tertiary/aromatic N) is 2. The highest BCUT2D eigenvalue weighted by Gasteiger charge is 2.41. The van der Waals surface area contributed by atoms with E-state index in [9.17, 15) is 4.79 Å². The third kappa shape index (κ3) is 4.12. The van der Waals surface area contributed by atoms with Crippen molar-refractivity contribution < 1.29 is 19.0 Å². The van der Waals surface area contributed by atoms with Crippen molar-refractivity contribution in [3.8, 4) is 0 Å². The molecule has 4 unspecified atom stereocenters. The Morgan fingerprint density at radius 3 is 2.23 bits per heavy atom. The van der Waals surface area contributed by atoms with Gasteiger partial charge in [0.2, 0.25) is 5.91 Å². The Morgan fingerprint density at radius 1 is 0.962 bits per heavy atom. The van der Waals surface area contributed by atoms with Gasteiger partial charge in [-0.3, -0.25) is 4.79 Å². The average molecular weight is 367 g/mol. The summed E-state index contributed by atoms with van der Waals surface area (Å²) in [5.74, 6) is 0.987. The fourth-order valence-electron chi connectivity index (χ4n) is 5.10. The van der Waals surface area contributed by atoms with E-state index in [2.05, 4.69) is 0 Å². The lowest BCUT2D eigenvalue weighted by atomic mass is 9.77. The van der Waals surface area contributed by atoms with Gasteiger partial charge in [-0.05, 0) is 50.9 Å². The first-order chi connectivity index (χ1) is 12.6. The molecule has 3 aliphatic rings. The van der Waals surface area contributed by atoms with Gasteiger partial charge in [0.15, 0.2) is 0 Å². The standard InChI is InChI=1S/C20H34N2O4/c1-13(23)22-18(14-5-8-16(24-2)9-6-14)12-17(21-22)15-7-10-19(25-3)20(11-15)26-4/h14-16,18-20H,5-12H2,1-4H3. The molecule has 148 valence electrons. The minimum absolute atomic E-state index is 0.0627. The third-order valence-electron chi connectivity index (χ3n) is 6.70. The summed E-state index contributed by atoms with van der Waals surface area (Å²) in [5, 5.41) is 6.57. The van der Waals surface area contributed by atoms with Crippen molar-refractivity contribution in [2.24, 2.45) is 16.9 Å². The maximum atomic E-state index is 12.2. The lowest BCUT2D eigenvalue weighted by molar-refractivity contribution is -0.131. The van der Waals surface area contributed by atoms with E-state index in [1.54, 1.807) is 33.3 Å². The molecule has 4 atom stereocenters. The highest BCUT2D eigenvalue weighted by molar-refractivity contribution is 5.91. The number of hydrazone groups is 1. The molecule has 26 heavy (non-hydrogen) atoms. The molecule has 2 fully saturated rings. The van der Waals surface area contributed by atoms with Crippen molar-refractivity contribution in [3.63, 3.8) is 0 Å². The summed E-state index contributed by atoms with van der Waals surface area (Å²) in [6.45, 7) is 1.64. The summed E-state index contributed by atoms with van der Waals surface area (Å²) in [6, 6.07) is 0.224. The van der Waals surface area contributed by atoms with Crippen LogP contribution in [-0.2, 0) is 19.0 Å². The molecule has 1 amide bonds. The predicted molar refractivity (Wildman–Crippen MR) is 100 cm³/mol. The minimum Gasteiger partial charge on any atom is -0.381 e. The van der Waals surface area contributed by atoms with E-state index >= 15 is 0 Å². The topological polar surface area (TPSA) is 60.4 Å². The van der Waals surface area contributed by atoms with E-state index in [1.165, 1.54) is 5.71 Å². The van der Waals surface area contributed by atoms with Gasteiger partial charge in [-0.2, -0.15) is 5.10 Å². The zero-order valence-corrected chi connectivity index (χ0v) is 16.6. The highest BCUT2D eigenvalue weighted by Crippen LogP contribution is 2.38. The van der Waals surface area contributed by atoms with Crippen molar-refractivity contribution >= 4 is 11.6 Å². The van der Waals surface area contributed by atoms with Crippen LogP contribution in [0.2, 0.25) is 0 Å². The van der Waals surface area contributed by atoms with Crippen LogP contribution in [0.15, 0.2) is 5.10 Å². The summed E-state index contributed by atoms with van der Waals surface area (Å²) >= 11 is 0. The molecule has 3 rings (SSSR count). The van der Waals surface area contributed by atoms with Gasteiger partial charge in [0.1, 0.15) is 0 Å². The first kappa shape index (κ1) is 19.8. The summed E-state index contributed by atoms with van der Waals surface area (Å²) in [5.41, 5.74) is 1.19. The van der Waals surface area contributed by atoms with Gasteiger partial charge in [0, 0.05) is 46.3 Å². The maximum absolute atomic E-state index is 12.2. The summed E-state index contributed by atoms with van der Waals surface area (Å²) in [6.07, 6.45) is 8.97. The second kappa shape index (κ2) is 8.81. The van der Waals surface area contributed by atoms with E-state index in [0.717, 1.165) is 51.4 Å². The third-order valence-corrected chi connectivity index (χ3v) is 6.70. The predicted octanol–water partition coefficient (Wildman–Crippen LogP) is 3.00. The van der Waals surface area contributed by atoms with Crippen molar-refractivity contribution in [3.05, 3.63) is 0 Å². The number of carbonyl (C=O) groups is 1. The number of hydrogen-bond acceptors (Lipinski definition) is 5. The van der Waals surface area contributed by atoms with Gasteiger partial charge >= 0.3 is 0 Å². The van der Waals surface area contributed by atoms with E-state index in [4.69, 9.17) is 19.3 Å². The molecule has 2 aliphatic carbocycles. The molecular weight excluding hydrogens is 332 g/mol. The van der Waals surface area contributed by atoms with Crippen LogP contribution in [0.25, 0.3) is 0 Å².